The molecule has 0 radical (unpaired) electrons. The van der Waals surface area contributed by atoms with Gasteiger partial charge in [0, 0.05) is 6.42 Å². The number of nitrogens with two attached hydrogens (primary N) is 1. The van der Waals surface area contributed by atoms with Gasteiger partial charge < -0.3 is 27.9 Å². The van der Waals surface area contributed by atoms with E-state index in [1.165, 1.54) is 0 Å². The maximum atomic E-state index is 6.46. The number of rotatable bonds is 3. The van der Waals surface area contributed by atoms with E-state index in [1.54, 1.807) is 0 Å². The minimum Gasteiger partial charge on any atom is -0.339 e. The molecule has 3 fully saturated rings. The number of hydrogen-bond donors (Lipinski definition) is 1. The average Bonchev–Trinajstić information content (AvgIpc) is 2.59. The smallest absolute Gasteiger partial charge is 0.228 e. The number of fused-ring (bicyclic) bond motifs is 2. The molecule has 0 aromatic carbocycles. The lowest BCUT2D eigenvalue weighted by Gasteiger charge is -2.54. The molecule has 0 aromatic rings. The summed E-state index contributed by atoms with van der Waals surface area (Å²) in [6.45, 7) is 13.2. The molecule has 7 nitrogen and oxygen atoms in total. The van der Waals surface area contributed by atoms with Crippen molar-refractivity contribution in [2.75, 3.05) is 6.61 Å². The predicted molar refractivity (Wildman–Crippen MR) is 98.1 cm³/mol. The molecule has 3 aliphatic rings. The van der Waals surface area contributed by atoms with Crippen LogP contribution in [0.5, 0.6) is 0 Å². The van der Waals surface area contributed by atoms with Crippen LogP contribution in [0.25, 0.3) is 0 Å². The van der Waals surface area contributed by atoms with Gasteiger partial charge in [0.15, 0.2) is 11.6 Å². The molecule has 2 N–H and O–H groups in total. The van der Waals surface area contributed by atoms with E-state index in [2.05, 4.69) is 11.7 Å². The Morgan fingerprint density at radius 2 is 1.36 bits per heavy atom. The lowest BCUT2D eigenvalue weighted by Crippen LogP contribution is -2.70. The highest BCUT2D eigenvalue weighted by molar-refractivity contribution is 8.22. The van der Waals surface area contributed by atoms with E-state index in [-0.39, 0.29) is 6.61 Å². The van der Waals surface area contributed by atoms with Gasteiger partial charge >= 0.3 is 0 Å². The second-order valence-electron chi connectivity index (χ2n) is 8.78. The van der Waals surface area contributed by atoms with Gasteiger partial charge in [0.1, 0.15) is 17.8 Å². The molecule has 4 atom stereocenters. The van der Waals surface area contributed by atoms with E-state index >= 15 is 0 Å². The van der Waals surface area contributed by atoms with Crippen LogP contribution in [-0.2, 0) is 27.9 Å². The largest absolute Gasteiger partial charge is 0.339 e. The molecule has 0 aliphatic carbocycles. The van der Waals surface area contributed by atoms with Crippen LogP contribution in [0.1, 0.15) is 54.9 Å². The van der Waals surface area contributed by atoms with Gasteiger partial charge in [-0.25, -0.2) is 0 Å². The van der Waals surface area contributed by atoms with E-state index in [9.17, 15) is 0 Å². The third-order valence-electron chi connectivity index (χ3n) is 5.08. The Hall–Kier alpha value is -0.190. The summed E-state index contributed by atoms with van der Waals surface area (Å²) < 4.78 is 37.0. The first-order valence-corrected chi connectivity index (χ1v) is 10.3. The molecule has 25 heavy (non-hydrogen) atoms. The Bertz CT molecular complexity index is 691. The van der Waals surface area contributed by atoms with Gasteiger partial charge in [-0.3, -0.25) is 5.14 Å². The zero-order valence-corrected chi connectivity index (χ0v) is 17.1. The highest BCUT2D eigenvalue weighted by atomic mass is 32.2. The molecule has 0 aromatic heterocycles. The standard InChI is InChI=1S/C17H31NO6S/c1-12(2)20-14(5)10-15(6)17(11-19-25(8,9)18,23-13(3,4)21-15)24-16(14,7)22-12/h8-11,18H2,1-7H3/t14-,15-,16+,17+/m0/s1. The minimum atomic E-state index is -2.20. The van der Waals surface area contributed by atoms with E-state index in [0.29, 0.717) is 6.42 Å². The first-order chi connectivity index (χ1) is 10.9. The summed E-state index contributed by atoms with van der Waals surface area (Å²) in [6, 6.07) is 0. The lowest BCUT2D eigenvalue weighted by atomic mass is 9.76. The van der Waals surface area contributed by atoms with Crippen molar-refractivity contribution in [2.45, 2.75) is 89.2 Å². The quantitative estimate of drug-likeness (QED) is 0.756. The molecule has 0 spiro atoms. The van der Waals surface area contributed by atoms with Crippen LogP contribution in [0.15, 0.2) is 0 Å². The first-order valence-electron chi connectivity index (χ1n) is 8.37. The lowest BCUT2D eigenvalue weighted by molar-refractivity contribution is -0.405. The maximum Gasteiger partial charge on any atom is 0.228 e. The van der Waals surface area contributed by atoms with Crippen LogP contribution in [0.4, 0.5) is 0 Å². The van der Waals surface area contributed by atoms with Crippen molar-refractivity contribution in [3.05, 3.63) is 0 Å². The van der Waals surface area contributed by atoms with E-state index in [4.69, 9.17) is 33.0 Å². The van der Waals surface area contributed by atoms with Crippen molar-refractivity contribution < 1.29 is 27.9 Å². The Labute approximate surface area is 150 Å². The Kier molecular flexibility index (Phi) is 3.91. The fourth-order valence-corrected chi connectivity index (χ4v) is 4.76. The first kappa shape index (κ1) is 19.6. The Morgan fingerprint density at radius 3 is 1.92 bits per heavy atom. The van der Waals surface area contributed by atoms with E-state index < -0.39 is 44.0 Å². The maximum absolute atomic E-state index is 6.46. The fourth-order valence-electron chi connectivity index (χ4n) is 4.37. The molecule has 3 saturated heterocycles. The zero-order valence-electron chi connectivity index (χ0n) is 16.3. The Balaban J connectivity index is 2.04. The molecule has 3 heterocycles. The van der Waals surface area contributed by atoms with E-state index in [0.717, 1.165) is 0 Å². The van der Waals surface area contributed by atoms with Crippen LogP contribution >= 0.6 is 9.67 Å². The molecule has 146 valence electrons. The highest BCUT2D eigenvalue weighted by Gasteiger charge is 2.76. The van der Waals surface area contributed by atoms with Gasteiger partial charge in [-0.15, -0.1) is 0 Å². The molecule has 0 amide bonds. The molecule has 8 heteroatoms. The van der Waals surface area contributed by atoms with Crippen molar-refractivity contribution in [1.82, 2.24) is 0 Å². The third-order valence-corrected chi connectivity index (χ3v) is 5.66. The zero-order chi connectivity index (χ0) is 19.2. The van der Waals surface area contributed by atoms with Gasteiger partial charge in [-0.1, -0.05) is 9.67 Å². The molecule has 0 bridgehead atoms. The van der Waals surface area contributed by atoms with Crippen LogP contribution in [0.2, 0.25) is 0 Å². The molecule has 3 aliphatic heterocycles. The van der Waals surface area contributed by atoms with Gasteiger partial charge in [0.05, 0.1) is 0 Å². The second kappa shape index (κ2) is 4.99. The van der Waals surface area contributed by atoms with Crippen molar-refractivity contribution in [2.24, 2.45) is 5.14 Å². The molecular formula is C17H31NO6S. The van der Waals surface area contributed by atoms with E-state index in [1.807, 2.05) is 48.5 Å². The minimum absolute atomic E-state index is 0.0290. The topological polar surface area (TPSA) is 81.4 Å². The summed E-state index contributed by atoms with van der Waals surface area (Å²) in [4.78, 5) is 0. The summed E-state index contributed by atoms with van der Waals surface area (Å²) in [5, 5.41) is 5.88. The SMILES string of the molecule is C=S(=C)(N)OC[C@]12OC(C)(C)O[C@@]1(C)C[C@]1(C)OC(C)(C)O[C@]1(C)O2. The van der Waals surface area contributed by atoms with Crippen molar-refractivity contribution in [3.8, 4) is 0 Å². The van der Waals surface area contributed by atoms with Crippen LogP contribution in [0, 0.1) is 0 Å². The fraction of sp³-hybridized carbons (Fsp3) is 0.882. The molecular weight excluding hydrogens is 346 g/mol. The average molecular weight is 378 g/mol. The van der Waals surface area contributed by atoms with Crippen molar-refractivity contribution in [1.29, 1.82) is 0 Å². The molecule has 0 unspecified atom stereocenters. The predicted octanol–water partition coefficient (Wildman–Crippen LogP) is 2.38. The van der Waals surface area contributed by atoms with Crippen LogP contribution in [0.3, 0.4) is 0 Å². The van der Waals surface area contributed by atoms with Gasteiger partial charge in [0.2, 0.25) is 11.6 Å². The third kappa shape index (κ3) is 3.06. The summed E-state index contributed by atoms with van der Waals surface area (Å²) in [5.74, 6) is 3.60. The molecule has 0 saturated carbocycles. The Morgan fingerprint density at radius 1 is 0.840 bits per heavy atom. The van der Waals surface area contributed by atoms with Crippen LogP contribution in [-0.4, -0.2) is 52.7 Å². The van der Waals surface area contributed by atoms with Gasteiger partial charge in [0.25, 0.3) is 0 Å². The number of ether oxygens (including phenoxy) is 5. The van der Waals surface area contributed by atoms with Crippen molar-refractivity contribution in [3.63, 3.8) is 0 Å². The van der Waals surface area contributed by atoms with Crippen LogP contribution < -0.4 is 5.14 Å². The summed E-state index contributed by atoms with van der Waals surface area (Å²) in [6.07, 6.45) is 0.494. The summed E-state index contributed by atoms with van der Waals surface area (Å²) >= 11 is 0. The normalized spacial score (nSPS) is 48.2. The van der Waals surface area contributed by atoms with Crippen molar-refractivity contribution >= 4 is 21.4 Å². The second-order valence-corrected chi connectivity index (χ2v) is 10.8. The summed E-state index contributed by atoms with van der Waals surface area (Å²) in [7, 11) is -2.20. The monoisotopic (exact) mass is 377 g/mol. The van der Waals surface area contributed by atoms with Gasteiger partial charge in [-0.05, 0) is 60.2 Å². The molecule has 3 rings (SSSR count). The highest BCUT2D eigenvalue weighted by Crippen LogP contribution is 2.61. The van der Waals surface area contributed by atoms with Gasteiger partial charge in [-0.2, -0.15) is 0 Å². The summed E-state index contributed by atoms with van der Waals surface area (Å²) in [5.41, 5.74) is -1.56. The number of hydrogen-bond acceptors (Lipinski definition) is 7.